The average Bonchev–Trinajstić information content (AvgIpc) is 2.53. The number of aliphatic hydroxyl groups excluding tert-OH is 1. The van der Waals surface area contributed by atoms with Crippen LogP contribution in [0.15, 0.2) is 42.5 Å². The SMILES string of the molecule is N#Cc1cc([N+](=O)[O-])ccc1NCc1ccc(CO)cc1. The van der Waals surface area contributed by atoms with Crippen molar-refractivity contribution in [2.75, 3.05) is 5.32 Å². The zero-order valence-corrected chi connectivity index (χ0v) is 11.1. The molecule has 0 heterocycles. The van der Waals surface area contributed by atoms with Crippen LogP contribution in [0, 0.1) is 21.4 Å². The number of benzene rings is 2. The molecule has 2 rings (SSSR count). The van der Waals surface area contributed by atoms with Crippen LogP contribution in [0.25, 0.3) is 0 Å². The molecule has 0 saturated carbocycles. The number of nitrogens with zero attached hydrogens (tertiary/aromatic N) is 2. The first-order valence-electron chi connectivity index (χ1n) is 6.25. The lowest BCUT2D eigenvalue weighted by Crippen LogP contribution is -2.02. The lowest BCUT2D eigenvalue weighted by Gasteiger charge is -2.08. The molecule has 0 amide bonds. The molecule has 0 saturated heterocycles. The standard InChI is InChI=1S/C15H13N3O3/c16-8-13-7-14(18(20)21)5-6-15(13)17-9-11-1-3-12(10-19)4-2-11/h1-7,17,19H,9-10H2. The molecule has 2 N–H and O–H groups in total. The summed E-state index contributed by atoms with van der Waals surface area (Å²) in [5.74, 6) is 0. The van der Waals surface area contributed by atoms with Crippen LogP contribution in [-0.4, -0.2) is 10.0 Å². The highest BCUT2D eigenvalue weighted by Gasteiger charge is 2.10. The Kier molecular flexibility index (Phi) is 4.49. The van der Waals surface area contributed by atoms with Gasteiger partial charge in [-0.3, -0.25) is 10.1 Å². The molecule has 0 bridgehead atoms. The first kappa shape index (κ1) is 14.5. The lowest BCUT2D eigenvalue weighted by atomic mass is 10.1. The van der Waals surface area contributed by atoms with E-state index in [0.717, 1.165) is 11.1 Å². The van der Waals surface area contributed by atoms with Crippen LogP contribution in [0.3, 0.4) is 0 Å². The highest BCUT2D eigenvalue weighted by atomic mass is 16.6. The number of nitro groups is 1. The second kappa shape index (κ2) is 6.50. The zero-order valence-electron chi connectivity index (χ0n) is 11.1. The smallest absolute Gasteiger partial charge is 0.270 e. The van der Waals surface area contributed by atoms with Crippen molar-refractivity contribution >= 4 is 11.4 Å². The molecule has 0 aliphatic carbocycles. The monoisotopic (exact) mass is 283 g/mol. The van der Waals surface area contributed by atoms with Gasteiger partial charge >= 0.3 is 0 Å². The van der Waals surface area contributed by atoms with Crippen LogP contribution >= 0.6 is 0 Å². The Morgan fingerprint density at radius 2 is 1.86 bits per heavy atom. The number of nitrogens with one attached hydrogen (secondary N) is 1. The van der Waals surface area contributed by atoms with Gasteiger partial charge in [0.1, 0.15) is 6.07 Å². The van der Waals surface area contributed by atoms with Gasteiger partial charge in [-0.05, 0) is 17.2 Å². The number of hydrogen-bond donors (Lipinski definition) is 2. The molecule has 0 aliphatic rings. The number of aliphatic hydroxyl groups is 1. The minimum Gasteiger partial charge on any atom is -0.392 e. The largest absolute Gasteiger partial charge is 0.392 e. The molecule has 0 atom stereocenters. The zero-order chi connectivity index (χ0) is 15.2. The van der Waals surface area contributed by atoms with Crippen LogP contribution in [0.1, 0.15) is 16.7 Å². The molecule has 6 nitrogen and oxygen atoms in total. The Labute approximate surface area is 121 Å². The number of hydrogen-bond acceptors (Lipinski definition) is 5. The lowest BCUT2D eigenvalue weighted by molar-refractivity contribution is -0.384. The second-order valence-corrected chi connectivity index (χ2v) is 4.43. The molecular formula is C15H13N3O3. The predicted molar refractivity (Wildman–Crippen MR) is 77.5 cm³/mol. The Balaban J connectivity index is 2.12. The molecule has 0 radical (unpaired) electrons. The second-order valence-electron chi connectivity index (χ2n) is 4.43. The molecule has 0 unspecified atom stereocenters. The van der Waals surface area contributed by atoms with Crippen molar-refractivity contribution in [3.63, 3.8) is 0 Å². The van der Waals surface area contributed by atoms with Crippen molar-refractivity contribution in [2.24, 2.45) is 0 Å². The van der Waals surface area contributed by atoms with E-state index in [4.69, 9.17) is 10.4 Å². The van der Waals surface area contributed by atoms with Gasteiger partial charge in [-0.15, -0.1) is 0 Å². The van der Waals surface area contributed by atoms with Crippen molar-refractivity contribution in [1.82, 2.24) is 0 Å². The van der Waals surface area contributed by atoms with Crippen molar-refractivity contribution in [2.45, 2.75) is 13.2 Å². The fourth-order valence-electron chi connectivity index (χ4n) is 1.85. The van der Waals surface area contributed by atoms with E-state index >= 15 is 0 Å². The summed E-state index contributed by atoms with van der Waals surface area (Å²) in [5.41, 5.74) is 2.48. The predicted octanol–water partition coefficient (Wildman–Crippen LogP) is 2.57. The van der Waals surface area contributed by atoms with E-state index in [1.54, 1.807) is 0 Å². The molecule has 21 heavy (non-hydrogen) atoms. The summed E-state index contributed by atoms with van der Waals surface area (Å²) in [5, 5.41) is 31.8. The fourth-order valence-corrected chi connectivity index (χ4v) is 1.85. The summed E-state index contributed by atoms with van der Waals surface area (Å²) < 4.78 is 0. The number of rotatable bonds is 5. The number of nitro benzene ring substituents is 1. The highest BCUT2D eigenvalue weighted by molar-refractivity contribution is 5.61. The maximum absolute atomic E-state index is 10.7. The van der Waals surface area contributed by atoms with Crippen molar-refractivity contribution in [3.05, 3.63) is 69.3 Å². The van der Waals surface area contributed by atoms with Crippen molar-refractivity contribution in [1.29, 1.82) is 5.26 Å². The third kappa shape index (κ3) is 3.55. The number of nitriles is 1. The van der Waals surface area contributed by atoms with Gasteiger partial charge in [-0.2, -0.15) is 5.26 Å². The Morgan fingerprint density at radius 3 is 2.43 bits per heavy atom. The van der Waals surface area contributed by atoms with Gasteiger partial charge in [0.05, 0.1) is 22.8 Å². The Morgan fingerprint density at radius 1 is 1.19 bits per heavy atom. The van der Waals surface area contributed by atoms with E-state index in [1.165, 1.54) is 18.2 Å². The van der Waals surface area contributed by atoms with E-state index in [0.29, 0.717) is 12.2 Å². The van der Waals surface area contributed by atoms with E-state index in [2.05, 4.69) is 5.32 Å². The third-order valence-corrected chi connectivity index (χ3v) is 3.02. The molecule has 2 aromatic carbocycles. The van der Waals surface area contributed by atoms with Crippen LogP contribution in [-0.2, 0) is 13.2 Å². The fraction of sp³-hybridized carbons (Fsp3) is 0.133. The minimum atomic E-state index is -0.530. The van der Waals surface area contributed by atoms with E-state index in [-0.39, 0.29) is 17.9 Å². The number of non-ortho nitro benzene ring substituents is 1. The third-order valence-electron chi connectivity index (χ3n) is 3.02. The van der Waals surface area contributed by atoms with Gasteiger partial charge in [0, 0.05) is 18.7 Å². The van der Waals surface area contributed by atoms with Gasteiger partial charge in [0.15, 0.2) is 0 Å². The first-order chi connectivity index (χ1) is 10.1. The highest BCUT2D eigenvalue weighted by Crippen LogP contribution is 2.22. The van der Waals surface area contributed by atoms with Gasteiger partial charge in [-0.1, -0.05) is 24.3 Å². The van der Waals surface area contributed by atoms with Crippen LogP contribution < -0.4 is 5.32 Å². The quantitative estimate of drug-likeness (QED) is 0.649. The summed E-state index contributed by atoms with van der Waals surface area (Å²) in [6.45, 7) is 0.479. The molecule has 0 fully saturated rings. The Hall–Kier alpha value is -2.91. The topological polar surface area (TPSA) is 99.2 Å². The van der Waals surface area contributed by atoms with Crippen LogP contribution in [0.2, 0.25) is 0 Å². The number of anilines is 1. The summed E-state index contributed by atoms with van der Waals surface area (Å²) in [6, 6.07) is 13.5. The van der Waals surface area contributed by atoms with Crippen molar-refractivity contribution in [3.8, 4) is 6.07 Å². The molecule has 6 heteroatoms. The summed E-state index contributed by atoms with van der Waals surface area (Å²) in [7, 11) is 0. The Bertz CT molecular complexity index is 690. The van der Waals surface area contributed by atoms with Crippen LogP contribution in [0.4, 0.5) is 11.4 Å². The van der Waals surface area contributed by atoms with E-state index in [9.17, 15) is 10.1 Å². The molecular weight excluding hydrogens is 270 g/mol. The van der Waals surface area contributed by atoms with Crippen LogP contribution in [0.5, 0.6) is 0 Å². The van der Waals surface area contributed by atoms with Gasteiger partial charge in [0.25, 0.3) is 5.69 Å². The molecule has 0 aliphatic heterocycles. The first-order valence-corrected chi connectivity index (χ1v) is 6.25. The van der Waals surface area contributed by atoms with Gasteiger partial charge in [0.2, 0.25) is 0 Å². The molecule has 0 spiro atoms. The van der Waals surface area contributed by atoms with E-state index in [1.807, 2.05) is 30.3 Å². The summed E-state index contributed by atoms with van der Waals surface area (Å²) in [6.07, 6.45) is 0. The van der Waals surface area contributed by atoms with E-state index < -0.39 is 4.92 Å². The molecule has 0 aromatic heterocycles. The summed E-state index contributed by atoms with van der Waals surface area (Å²) >= 11 is 0. The molecule has 106 valence electrons. The maximum Gasteiger partial charge on any atom is 0.270 e. The summed E-state index contributed by atoms with van der Waals surface area (Å²) in [4.78, 5) is 10.1. The van der Waals surface area contributed by atoms with Crippen molar-refractivity contribution < 1.29 is 10.0 Å². The van der Waals surface area contributed by atoms with Gasteiger partial charge < -0.3 is 10.4 Å². The normalized spacial score (nSPS) is 9.90. The molecule has 2 aromatic rings. The minimum absolute atomic E-state index is 0.00532. The maximum atomic E-state index is 10.7. The average molecular weight is 283 g/mol. The van der Waals surface area contributed by atoms with Gasteiger partial charge in [-0.25, -0.2) is 0 Å².